The Kier molecular flexibility index (Phi) is 4.98. The minimum absolute atomic E-state index is 0.102. The first-order valence-corrected chi connectivity index (χ1v) is 7.28. The largest absolute Gasteiger partial charge is 0.481 e. The molecule has 1 aliphatic heterocycles. The number of hydrogen-bond acceptors (Lipinski definition) is 5. The van der Waals surface area contributed by atoms with Gasteiger partial charge < -0.3 is 9.47 Å². The SMILES string of the molecule is CCOC(=O)C(C)N1C(=O)COc2cc(F)c(CC(C)=O)cc21. The highest BCUT2D eigenvalue weighted by Gasteiger charge is 2.34. The normalized spacial score (nSPS) is 14.8. The van der Waals surface area contributed by atoms with E-state index in [1.165, 1.54) is 24.8 Å². The number of Topliss-reactive ketones (excluding diaryl/α,β-unsaturated/α-hetero) is 1. The molecular weight excluding hydrogens is 305 g/mol. The number of halogens is 1. The van der Waals surface area contributed by atoms with E-state index >= 15 is 0 Å². The van der Waals surface area contributed by atoms with E-state index < -0.39 is 23.7 Å². The molecule has 0 bridgehead atoms. The number of carbonyl (C=O) groups is 3. The first-order valence-electron chi connectivity index (χ1n) is 7.28. The van der Waals surface area contributed by atoms with Crippen molar-refractivity contribution < 1.29 is 28.2 Å². The molecule has 1 heterocycles. The second-order valence-electron chi connectivity index (χ2n) is 5.27. The number of hydrogen-bond donors (Lipinski definition) is 0. The molecule has 2 rings (SSSR count). The summed E-state index contributed by atoms with van der Waals surface area (Å²) >= 11 is 0. The lowest BCUT2D eigenvalue weighted by atomic mass is 10.0. The number of ether oxygens (including phenoxy) is 2. The van der Waals surface area contributed by atoms with Gasteiger partial charge in [-0.15, -0.1) is 0 Å². The maximum Gasteiger partial charge on any atom is 0.328 e. The Morgan fingerprint density at radius 2 is 2.13 bits per heavy atom. The molecule has 0 saturated heterocycles. The lowest BCUT2D eigenvalue weighted by molar-refractivity contribution is -0.145. The Labute approximate surface area is 133 Å². The third kappa shape index (κ3) is 3.49. The van der Waals surface area contributed by atoms with Gasteiger partial charge in [-0.1, -0.05) is 0 Å². The molecule has 0 aliphatic carbocycles. The minimum Gasteiger partial charge on any atom is -0.481 e. The molecule has 23 heavy (non-hydrogen) atoms. The number of fused-ring (bicyclic) bond motifs is 1. The van der Waals surface area contributed by atoms with Crippen LogP contribution >= 0.6 is 0 Å². The zero-order chi connectivity index (χ0) is 17.1. The predicted octanol–water partition coefficient (Wildman–Crippen LogP) is 1.63. The lowest BCUT2D eigenvalue weighted by Gasteiger charge is -2.33. The number of nitrogens with zero attached hydrogens (tertiary/aromatic N) is 1. The average Bonchev–Trinajstić information content (AvgIpc) is 2.47. The van der Waals surface area contributed by atoms with Crippen molar-refractivity contribution in [3.63, 3.8) is 0 Å². The van der Waals surface area contributed by atoms with Gasteiger partial charge in [-0.25, -0.2) is 9.18 Å². The van der Waals surface area contributed by atoms with E-state index in [9.17, 15) is 18.8 Å². The van der Waals surface area contributed by atoms with Crippen LogP contribution in [0.3, 0.4) is 0 Å². The molecule has 1 atom stereocenters. The van der Waals surface area contributed by atoms with Crippen molar-refractivity contribution in [3.05, 3.63) is 23.5 Å². The third-order valence-electron chi connectivity index (χ3n) is 3.46. The first-order chi connectivity index (χ1) is 10.8. The van der Waals surface area contributed by atoms with Gasteiger partial charge in [-0.05, 0) is 32.4 Å². The van der Waals surface area contributed by atoms with Gasteiger partial charge in [0, 0.05) is 12.5 Å². The van der Waals surface area contributed by atoms with Gasteiger partial charge in [0.1, 0.15) is 23.4 Å². The number of rotatable bonds is 5. The van der Waals surface area contributed by atoms with Crippen molar-refractivity contribution in [1.82, 2.24) is 0 Å². The molecule has 0 spiro atoms. The number of ketones is 1. The monoisotopic (exact) mass is 323 g/mol. The van der Waals surface area contributed by atoms with E-state index in [1.807, 2.05) is 0 Å². The van der Waals surface area contributed by atoms with Gasteiger partial charge in [-0.2, -0.15) is 0 Å². The zero-order valence-electron chi connectivity index (χ0n) is 13.2. The first kappa shape index (κ1) is 16.9. The standard InChI is InChI=1S/C16H18FNO5/c1-4-22-16(21)10(3)18-13-6-11(5-9(2)19)12(17)7-14(13)23-8-15(18)20/h6-7,10H,4-5,8H2,1-3H3. The van der Waals surface area contributed by atoms with Gasteiger partial charge in [-0.3, -0.25) is 14.5 Å². The van der Waals surface area contributed by atoms with Gasteiger partial charge in [0.2, 0.25) is 0 Å². The van der Waals surface area contributed by atoms with Crippen LogP contribution in [0.2, 0.25) is 0 Å². The van der Waals surface area contributed by atoms with Crippen LogP contribution in [-0.2, 0) is 25.5 Å². The Bertz CT molecular complexity index is 658. The highest BCUT2D eigenvalue weighted by atomic mass is 19.1. The van der Waals surface area contributed by atoms with Crippen LogP contribution in [0.4, 0.5) is 10.1 Å². The van der Waals surface area contributed by atoms with E-state index in [1.54, 1.807) is 6.92 Å². The van der Waals surface area contributed by atoms with Crippen LogP contribution in [-0.4, -0.2) is 36.9 Å². The second-order valence-corrected chi connectivity index (χ2v) is 5.27. The minimum atomic E-state index is -0.874. The molecule has 0 saturated carbocycles. The molecule has 0 radical (unpaired) electrons. The maximum absolute atomic E-state index is 14.0. The van der Waals surface area contributed by atoms with Gasteiger partial charge in [0.15, 0.2) is 6.61 Å². The van der Waals surface area contributed by atoms with Crippen molar-refractivity contribution in [2.24, 2.45) is 0 Å². The molecule has 124 valence electrons. The summed E-state index contributed by atoms with van der Waals surface area (Å²) in [5.74, 6) is -1.64. The third-order valence-corrected chi connectivity index (χ3v) is 3.46. The number of benzene rings is 1. The van der Waals surface area contributed by atoms with Crippen molar-refractivity contribution in [2.75, 3.05) is 18.1 Å². The van der Waals surface area contributed by atoms with Crippen LogP contribution in [0.15, 0.2) is 12.1 Å². The van der Waals surface area contributed by atoms with Crippen molar-refractivity contribution in [1.29, 1.82) is 0 Å². The quantitative estimate of drug-likeness (QED) is 0.770. The molecule has 0 N–H and O–H groups in total. The summed E-state index contributed by atoms with van der Waals surface area (Å²) in [5, 5.41) is 0. The molecule has 1 aromatic carbocycles. The fourth-order valence-corrected chi connectivity index (χ4v) is 2.43. The van der Waals surface area contributed by atoms with Gasteiger partial charge >= 0.3 is 5.97 Å². The molecular formula is C16H18FNO5. The van der Waals surface area contributed by atoms with E-state index in [4.69, 9.17) is 9.47 Å². The smallest absolute Gasteiger partial charge is 0.328 e. The van der Waals surface area contributed by atoms with Gasteiger partial charge in [0.25, 0.3) is 5.91 Å². The van der Waals surface area contributed by atoms with E-state index in [0.717, 1.165) is 6.07 Å². The van der Waals surface area contributed by atoms with E-state index in [-0.39, 0.29) is 42.4 Å². The summed E-state index contributed by atoms with van der Waals surface area (Å²) in [5.41, 5.74) is 0.412. The highest BCUT2D eigenvalue weighted by Crippen LogP contribution is 2.36. The number of amides is 1. The lowest BCUT2D eigenvalue weighted by Crippen LogP contribution is -2.48. The summed E-state index contributed by atoms with van der Waals surface area (Å²) in [6.45, 7) is 4.44. The van der Waals surface area contributed by atoms with Crippen molar-refractivity contribution >= 4 is 23.3 Å². The summed E-state index contributed by atoms with van der Waals surface area (Å²) in [6.07, 6.45) is -0.102. The Balaban J connectivity index is 2.45. The van der Waals surface area contributed by atoms with Crippen LogP contribution in [0.1, 0.15) is 26.3 Å². The number of anilines is 1. The van der Waals surface area contributed by atoms with Crippen molar-refractivity contribution in [3.8, 4) is 5.75 Å². The fourth-order valence-electron chi connectivity index (χ4n) is 2.43. The second kappa shape index (κ2) is 6.76. The summed E-state index contributed by atoms with van der Waals surface area (Å²) in [7, 11) is 0. The zero-order valence-corrected chi connectivity index (χ0v) is 13.2. The molecule has 1 aliphatic rings. The summed E-state index contributed by atoms with van der Waals surface area (Å²) in [6, 6.07) is 1.63. The molecule has 1 unspecified atom stereocenters. The molecule has 1 aromatic rings. The van der Waals surface area contributed by atoms with Crippen LogP contribution in [0.25, 0.3) is 0 Å². The fraction of sp³-hybridized carbons (Fsp3) is 0.438. The Morgan fingerprint density at radius 3 is 2.74 bits per heavy atom. The van der Waals surface area contributed by atoms with Gasteiger partial charge in [0.05, 0.1) is 12.3 Å². The van der Waals surface area contributed by atoms with Crippen LogP contribution in [0, 0.1) is 5.82 Å². The number of esters is 1. The topological polar surface area (TPSA) is 72.9 Å². The number of carbonyl (C=O) groups excluding carboxylic acids is 3. The van der Waals surface area contributed by atoms with Crippen LogP contribution < -0.4 is 9.64 Å². The van der Waals surface area contributed by atoms with E-state index in [2.05, 4.69) is 0 Å². The Hall–Kier alpha value is -2.44. The van der Waals surface area contributed by atoms with Crippen molar-refractivity contribution in [2.45, 2.75) is 33.2 Å². The molecule has 0 fully saturated rings. The summed E-state index contributed by atoms with van der Waals surface area (Å²) < 4.78 is 24.2. The molecule has 6 nitrogen and oxygen atoms in total. The Morgan fingerprint density at radius 1 is 1.43 bits per heavy atom. The maximum atomic E-state index is 14.0. The molecule has 0 aromatic heterocycles. The highest BCUT2D eigenvalue weighted by molar-refractivity contribution is 6.03. The molecule has 7 heteroatoms. The van der Waals surface area contributed by atoms with Crippen LogP contribution in [0.5, 0.6) is 5.75 Å². The van der Waals surface area contributed by atoms with E-state index in [0.29, 0.717) is 0 Å². The average molecular weight is 323 g/mol. The predicted molar refractivity (Wildman–Crippen MR) is 79.9 cm³/mol. The molecule has 1 amide bonds. The summed E-state index contributed by atoms with van der Waals surface area (Å²) in [4.78, 5) is 36.6.